The van der Waals surface area contributed by atoms with E-state index >= 15 is 0 Å². The molecule has 0 aliphatic heterocycles. The summed E-state index contributed by atoms with van der Waals surface area (Å²) in [6.45, 7) is 9.16. The van der Waals surface area contributed by atoms with Gasteiger partial charge in [0, 0.05) is 11.8 Å². The summed E-state index contributed by atoms with van der Waals surface area (Å²) in [4.78, 5) is 0. The Hall–Kier alpha value is 0.310. The summed E-state index contributed by atoms with van der Waals surface area (Å²) >= 11 is 1.93. The molecule has 0 aliphatic rings. The first-order chi connectivity index (χ1) is 5.66. The van der Waals surface area contributed by atoms with Gasteiger partial charge >= 0.3 is 0 Å². The number of hydrogen-bond donors (Lipinski definition) is 1. The van der Waals surface area contributed by atoms with Crippen LogP contribution in [0.2, 0.25) is 0 Å². The minimum absolute atomic E-state index is 0.754. The van der Waals surface area contributed by atoms with Gasteiger partial charge in [-0.2, -0.15) is 11.8 Å². The molecule has 0 saturated carbocycles. The van der Waals surface area contributed by atoms with Crippen molar-refractivity contribution in [2.45, 2.75) is 38.9 Å². The zero-order chi connectivity index (χ0) is 9.40. The van der Waals surface area contributed by atoms with Crippen molar-refractivity contribution in [3.8, 4) is 0 Å². The Morgan fingerprint density at radius 1 is 1.25 bits per heavy atom. The van der Waals surface area contributed by atoms with Gasteiger partial charge in [-0.3, -0.25) is 0 Å². The average Bonchev–Trinajstić information content (AvgIpc) is 2.03. The standard InChI is InChI=1S/C10H23NS/c1-9(2)6-5-7-11-8-10(3)12-4/h9-11H,5-8H2,1-4H3. The minimum atomic E-state index is 0.754. The van der Waals surface area contributed by atoms with E-state index in [9.17, 15) is 0 Å². The van der Waals surface area contributed by atoms with Crippen LogP contribution in [-0.2, 0) is 0 Å². The maximum atomic E-state index is 3.47. The molecule has 74 valence electrons. The van der Waals surface area contributed by atoms with Crippen LogP contribution in [0.15, 0.2) is 0 Å². The maximum absolute atomic E-state index is 3.47. The SMILES string of the molecule is CSC(C)CNCCCC(C)C. The molecule has 0 heterocycles. The van der Waals surface area contributed by atoms with Crippen LogP contribution < -0.4 is 5.32 Å². The summed E-state index contributed by atoms with van der Waals surface area (Å²) in [6, 6.07) is 0. The lowest BCUT2D eigenvalue weighted by molar-refractivity contribution is 0.528. The second kappa shape index (κ2) is 7.93. The maximum Gasteiger partial charge on any atom is 0.0141 e. The smallest absolute Gasteiger partial charge is 0.0141 e. The Morgan fingerprint density at radius 2 is 1.92 bits per heavy atom. The topological polar surface area (TPSA) is 12.0 Å². The van der Waals surface area contributed by atoms with Gasteiger partial charge in [-0.15, -0.1) is 0 Å². The fraction of sp³-hybridized carbons (Fsp3) is 1.00. The molecule has 2 heteroatoms. The normalized spacial score (nSPS) is 13.8. The van der Waals surface area contributed by atoms with Crippen molar-refractivity contribution in [2.24, 2.45) is 5.92 Å². The van der Waals surface area contributed by atoms with E-state index in [1.807, 2.05) is 11.8 Å². The summed E-state index contributed by atoms with van der Waals surface area (Å²) in [6.07, 6.45) is 4.83. The predicted octanol–water partition coefficient (Wildman–Crippen LogP) is 2.76. The van der Waals surface area contributed by atoms with Crippen molar-refractivity contribution >= 4 is 11.8 Å². The Labute approximate surface area is 81.7 Å². The van der Waals surface area contributed by atoms with Crippen LogP contribution in [0.25, 0.3) is 0 Å². The second-order valence-electron chi connectivity index (χ2n) is 3.79. The van der Waals surface area contributed by atoms with Crippen molar-refractivity contribution in [2.75, 3.05) is 19.3 Å². The third-order valence-corrected chi connectivity index (χ3v) is 2.94. The first kappa shape index (κ1) is 12.3. The lowest BCUT2D eigenvalue weighted by atomic mass is 10.1. The molecule has 0 bridgehead atoms. The van der Waals surface area contributed by atoms with Gasteiger partial charge in [0.15, 0.2) is 0 Å². The van der Waals surface area contributed by atoms with Crippen LogP contribution in [0.5, 0.6) is 0 Å². The highest BCUT2D eigenvalue weighted by molar-refractivity contribution is 7.99. The average molecular weight is 189 g/mol. The van der Waals surface area contributed by atoms with Gasteiger partial charge in [0.05, 0.1) is 0 Å². The van der Waals surface area contributed by atoms with Crippen molar-refractivity contribution in [3.63, 3.8) is 0 Å². The molecule has 12 heavy (non-hydrogen) atoms. The molecule has 0 aromatic rings. The highest BCUT2D eigenvalue weighted by Crippen LogP contribution is 2.04. The third kappa shape index (κ3) is 8.41. The van der Waals surface area contributed by atoms with Gasteiger partial charge in [0.1, 0.15) is 0 Å². The number of rotatable bonds is 7. The number of nitrogens with one attached hydrogen (secondary N) is 1. The van der Waals surface area contributed by atoms with Gasteiger partial charge in [-0.1, -0.05) is 20.8 Å². The molecule has 0 saturated heterocycles. The monoisotopic (exact) mass is 189 g/mol. The van der Waals surface area contributed by atoms with Crippen LogP contribution in [0.3, 0.4) is 0 Å². The van der Waals surface area contributed by atoms with E-state index in [0.29, 0.717) is 0 Å². The second-order valence-corrected chi connectivity index (χ2v) is 5.06. The molecule has 0 aliphatic carbocycles. The first-order valence-corrected chi connectivity index (χ1v) is 6.19. The number of thioether (sulfide) groups is 1. The van der Waals surface area contributed by atoms with Crippen LogP contribution >= 0.6 is 11.8 Å². The molecule has 0 rings (SSSR count). The highest BCUT2D eigenvalue weighted by atomic mass is 32.2. The molecule has 0 spiro atoms. The van der Waals surface area contributed by atoms with Gasteiger partial charge in [-0.25, -0.2) is 0 Å². The first-order valence-electron chi connectivity index (χ1n) is 4.90. The van der Waals surface area contributed by atoms with Crippen LogP contribution in [0.4, 0.5) is 0 Å². The molecule has 0 fully saturated rings. The lowest BCUT2D eigenvalue weighted by Crippen LogP contribution is -2.23. The molecule has 0 aromatic carbocycles. The van der Waals surface area contributed by atoms with Gasteiger partial charge in [0.2, 0.25) is 0 Å². The Morgan fingerprint density at radius 3 is 2.42 bits per heavy atom. The molecule has 1 nitrogen and oxygen atoms in total. The Kier molecular flexibility index (Phi) is 8.14. The summed E-state index contributed by atoms with van der Waals surface area (Å²) in [5.41, 5.74) is 0. The molecule has 0 amide bonds. The summed E-state index contributed by atoms with van der Waals surface area (Å²) in [5.74, 6) is 0.852. The molecule has 1 atom stereocenters. The minimum Gasteiger partial charge on any atom is -0.316 e. The van der Waals surface area contributed by atoms with Crippen molar-refractivity contribution in [1.29, 1.82) is 0 Å². The molecule has 1 N–H and O–H groups in total. The molecule has 0 aromatic heterocycles. The van der Waals surface area contributed by atoms with Gasteiger partial charge < -0.3 is 5.32 Å². The van der Waals surface area contributed by atoms with E-state index in [1.165, 1.54) is 19.4 Å². The van der Waals surface area contributed by atoms with E-state index in [2.05, 4.69) is 32.3 Å². The molecular formula is C10H23NS. The molecule has 0 radical (unpaired) electrons. The fourth-order valence-corrected chi connectivity index (χ4v) is 1.31. The largest absolute Gasteiger partial charge is 0.316 e. The number of hydrogen-bond acceptors (Lipinski definition) is 2. The van der Waals surface area contributed by atoms with Crippen molar-refractivity contribution < 1.29 is 0 Å². The van der Waals surface area contributed by atoms with E-state index in [-0.39, 0.29) is 0 Å². The Bertz CT molecular complexity index is 93.8. The Balaban J connectivity index is 3.00. The summed E-state index contributed by atoms with van der Waals surface area (Å²) < 4.78 is 0. The fourth-order valence-electron chi connectivity index (χ4n) is 1.02. The summed E-state index contributed by atoms with van der Waals surface area (Å²) in [7, 11) is 0. The quantitative estimate of drug-likeness (QED) is 0.618. The van der Waals surface area contributed by atoms with E-state index < -0.39 is 0 Å². The van der Waals surface area contributed by atoms with Gasteiger partial charge in [-0.05, 0) is 31.6 Å². The van der Waals surface area contributed by atoms with Crippen LogP contribution in [0, 0.1) is 5.92 Å². The van der Waals surface area contributed by atoms with Crippen molar-refractivity contribution in [1.82, 2.24) is 5.32 Å². The van der Waals surface area contributed by atoms with E-state index in [1.54, 1.807) is 0 Å². The van der Waals surface area contributed by atoms with Crippen LogP contribution in [0.1, 0.15) is 33.6 Å². The highest BCUT2D eigenvalue weighted by Gasteiger charge is 1.97. The zero-order valence-electron chi connectivity index (χ0n) is 8.89. The lowest BCUT2D eigenvalue weighted by Gasteiger charge is -2.10. The van der Waals surface area contributed by atoms with Gasteiger partial charge in [0.25, 0.3) is 0 Å². The predicted molar refractivity (Wildman–Crippen MR) is 59.9 cm³/mol. The van der Waals surface area contributed by atoms with Crippen molar-refractivity contribution in [3.05, 3.63) is 0 Å². The van der Waals surface area contributed by atoms with E-state index in [4.69, 9.17) is 0 Å². The molecule has 1 unspecified atom stereocenters. The zero-order valence-corrected chi connectivity index (χ0v) is 9.71. The van der Waals surface area contributed by atoms with E-state index in [0.717, 1.165) is 17.7 Å². The molecular weight excluding hydrogens is 166 g/mol. The third-order valence-electron chi connectivity index (χ3n) is 1.97. The van der Waals surface area contributed by atoms with Crippen LogP contribution in [-0.4, -0.2) is 24.6 Å². The summed E-state index contributed by atoms with van der Waals surface area (Å²) in [5, 5.41) is 4.22.